The molecule has 1 heterocycles. The largest absolute Gasteiger partial charge is 0.481 e. The van der Waals surface area contributed by atoms with E-state index < -0.39 is 5.97 Å². The third-order valence-electron chi connectivity index (χ3n) is 3.94. The molecule has 0 saturated carbocycles. The van der Waals surface area contributed by atoms with Gasteiger partial charge in [-0.05, 0) is 52.0 Å². The van der Waals surface area contributed by atoms with E-state index in [2.05, 4.69) is 42.6 Å². The van der Waals surface area contributed by atoms with Crippen molar-refractivity contribution in [3.63, 3.8) is 0 Å². The van der Waals surface area contributed by atoms with Gasteiger partial charge in [0.2, 0.25) is 0 Å². The van der Waals surface area contributed by atoms with E-state index in [1.807, 2.05) is 12.1 Å². The molecule has 21 heavy (non-hydrogen) atoms. The summed E-state index contributed by atoms with van der Waals surface area (Å²) in [6.45, 7) is 4.13. The highest BCUT2D eigenvalue weighted by molar-refractivity contribution is 5.86. The maximum Gasteiger partial charge on any atom is 0.303 e. The number of aromatic nitrogens is 1. The summed E-state index contributed by atoms with van der Waals surface area (Å²) in [6, 6.07) is 8.30. The molecule has 0 fully saturated rings. The van der Waals surface area contributed by atoms with Gasteiger partial charge in [0.25, 0.3) is 0 Å². The number of nitrogens with zero attached hydrogens (tertiary/aromatic N) is 2. The fourth-order valence-electron chi connectivity index (χ4n) is 2.88. The molecule has 2 rings (SSSR count). The van der Waals surface area contributed by atoms with Crippen LogP contribution in [0.15, 0.2) is 24.3 Å². The summed E-state index contributed by atoms with van der Waals surface area (Å²) in [4.78, 5) is 13.0. The van der Waals surface area contributed by atoms with E-state index in [0.29, 0.717) is 6.42 Å². The van der Waals surface area contributed by atoms with Gasteiger partial charge in [0, 0.05) is 29.6 Å². The minimum Gasteiger partial charge on any atom is -0.481 e. The van der Waals surface area contributed by atoms with Crippen molar-refractivity contribution in [2.45, 2.75) is 32.7 Å². The molecule has 0 aliphatic heterocycles. The number of hydrogen-bond donors (Lipinski definition) is 1. The number of carboxylic acids is 1. The summed E-state index contributed by atoms with van der Waals surface area (Å²) in [7, 11) is 4.16. The molecule has 0 bridgehead atoms. The second-order valence-electron chi connectivity index (χ2n) is 5.78. The number of carboxylic acid groups (broad SMARTS) is 1. The lowest BCUT2D eigenvalue weighted by Gasteiger charge is -2.12. The van der Waals surface area contributed by atoms with E-state index in [1.54, 1.807) is 0 Å². The molecule has 0 unspecified atom stereocenters. The minimum absolute atomic E-state index is 0.187. The van der Waals surface area contributed by atoms with Crippen LogP contribution in [0.5, 0.6) is 0 Å². The minimum atomic E-state index is -0.737. The number of benzene rings is 1. The Hall–Kier alpha value is -1.81. The number of para-hydroxylation sites is 1. The van der Waals surface area contributed by atoms with E-state index in [4.69, 9.17) is 5.11 Å². The van der Waals surface area contributed by atoms with Gasteiger partial charge in [-0.3, -0.25) is 4.79 Å². The van der Waals surface area contributed by atoms with Gasteiger partial charge in [-0.1, -0.05) is 18.2 Å². The lowest BCUT2D eigenvalue weighted by atomic mass is 10.1. The van der Waals surface area contributed by atoms with Crippen LogP contribution in [0.4, 0.5) is 0 Å². The van der Waals surface area contributed by atoms with Crippen molar-refractivity contribution in [3.8, 4) is 0 Å². The molecule has 0 radical (unpaired) electrons. The lowest BCUT2D eigenvalue weighted by Crippen LogP contribution is -2.15. The molecule has 2 aromatic rings. The van der Waals surface area contributed by atoms with Crippen LogP contribution >= 0.6 is 0 Å². The van der Waals surface area contributed by atoms with Crippen molar-refractivity contribution in [1.29, 1.82) is 0 Å². The van der Waals surface area contributed by atoms with E-state index in [-0.39, 0.29) is 6.42 Å². The van der Waals surface area contributed by atoms with Crippen molar-refractivity contribution in [1.82, 2.24) is 9.47 Å². The number of rotatable bonds is 7. The van der Waals surface area contributed by atoms with Crippen LogP contribution in [-0.4, -0.2) is 41.2 Å². The molecule has 0 spiro atoms. The zero-order valence-corrected chi connectivity index (χ0v) is 13.1. The average molecular weight is 288 g/mol. The Morgan fingerprint density at radius 3 is 2.67 bits per heavy atom. The molecule has 4 nitrogen and oxygen atoms in total. The van der Waals surface area contributed by atoms with Gasteiger partial charge < -0.3 is 14.6 Å². The summed E-state index contributed by atoms with van der Waals surface area (Å²) >= 11 is 0. The maximum atomic E-state index is 10.9. The van der Waals surface area contributed by atoms with Crippen molar-refractivity contribution in [2.24, 2.45) is 0 Å². The zero-order valence-electron chi connectivity index (χ0n) is 13.1. The quantitative estimate of drug-likeness (QED) is 0.852. The van der Waals surface area contributed by atoms with E-state index in [9.17, 15) is 4.79 Å². The lowest BCUT2D eigenvalue weighted by molar-refractivity contribution is -0.136. The van der Waals surface area contributed by atoms with Crippen LogP contribution in [0.25, 0.3) is 10.9 Å². The fraction of sp³-hybridized carbons (Fsp3) is 0.471. The highest BCUT2D eigenvalue weighted by atomic mass is 16.4. The van der Waals surface area contributed by atoms with E-state index >= 15 is 0 Å². The molecule has 1 aromatic carbocycles. The number of fused-ring (bicyclic) bond motifs is 1. The van der Waals surface area contributed by atoms with E-state index in [0.717, 1.165) is 19.5 Å². The number of aliphatic carboxylic acids is 1. The summed E-state index contributed by atoms with van der Waals surface area (Å²) in [5.41, 5.74) is 3.60. The second-order valence-corrected chi connectivity index (χ2v) is 5.78. The smallest absolute Gasteiger partial charge is 0.303 e. The van der Waals surface area contributed by atoms with Crippen LogP contribution in [-0.2, 0) is 17.8 Å². The standard InChI is InChI=1S/C17H24N2O2/c1-13-14(9-10-17(20)21)15-7-4-5-8-16(15)19(13)12-6-11-18(2)3/h4-5,7-8H,6,9-12H2,1-3H3,(H,20,21). The van der Waals surface area contributed by atoms with Gasteiger partial charge >= 0.3 is 5.97 Å². The molecule has 4 heteroatoms. The number of hydrogen-bond acceptors (Lipinski definition) is 2. The number of carbonyl (C=O) groups is 1. The molecule has 0 atom stereocenters. The fourth-order valence-corrected chi connectivity index (χ4v) is 2.88. The normalized spacial score (nSPS) is 11.4. The Morgan fingerprint density at radius 2 is 2.00 bits per heavy atom. The first-order valence-corrected chi connectivity index (χ1v) is 7.44. The molecule has 1 aromatic heterocycles. The highest BCUT2D eigenvalue weighted by Gasteiger charge is 2.14. The SMILES string of the molecule is Cc1c(CCC(=O)O)c2ccccc2n1CCCN(C)C. The average Bonchev–Trinajstić information content (AvgIpc) is 2.69. The Kier molecular flexibility index (Phi) is 5.02. The summed E-state index contributed by atoms with van der Waals surface area (Å²) in [6.07, 6.45) is 1.87. The summed E-state index contributed by atoms with van der Waals surface area (Å²) in [5.74, 6) is -0.737. The van der Waals surface area contributed by atoms with Crippen LogP contribution in [0.2, 0.25) is 0 Å². The Labute approximate surface area is 126 Å². The van der Waals surface area contributed by atoms with Crippen molar-refractivity contribution in [2.75, 3.05) is 20.6 Å². The molecule has 0 amide bonds. The third kappa shape index (κ3) is 3.64. The Balaban J connectivity index is 2.31. The van der Waals surface area contributed by atoms with Crippen molar-refractivity contribution >= 4 is 16.9 Å². The van der Waals surface area contributed by atoms with Crippen LogP contribution in [0.3, 0.4) is 0 Å². The Bertz CT molecular complexity index is 629. The predicted molar refractivity (Wildman–Crippen MR) is 85.8 cm³/mol. The molecule has 1 N–H and O–H groups in total. The predicted octanol–water partition coefficient (Wildman–Crippen LogP) is 2.92. The zero-order chi connectivity index (χ0) is 15.4. The van der Waals surface area contributed by atoms with Gasteiger partial charge in [0.05, 0.1) is 0 Å². The molecule has 0 saturated heterocycles. The molecular weight excluding hydrogens is 264 g/mol. The van der Waals surface area contributed by atoms with Crippen molar-refractivity contribution < 1.29 is 9.90 Å². The van der Waals surface area contributed by atoms with Gasteiger partial charge in [0.1, 0.15) is 0 Å². The first-order valence-electron chi connectivity index (χ1n) is 7.44. The summed E-state index contributed by atoms with van der Waals surface area (Å²) < 4.78 is 2.33. The summed E-state index contributed by atoms with van der Waals surface area (Å²) in [5, 5.41) is 10.1. The third-order valence-corrected chi connectivity index (χ3v) is 3.94. The van der Waals surface area contributed by atoms with Crippen LogP contribution in [0, 0.1) is 6.92 Å². The Morgan fingerprint density at radius 1 is 1.29 bits per heavy atom. The monoisotopic (exact) mass is 288 g/mol. The maximum absolute atomic E-state index is 10.9. The molecule has 0 aliphatic rings. The van der Waals surface area contributed by atoms with Crippen LogP contribution < -0.4 is 0 Å². The van der Waals surface area contributed by atoms with E-state index in [1.165, 1.54) is 22.2 Å². The number of aryl methyl sites for hydroxylation is 2. The van der Waals surface area contributed by atoms with Gasteiger partial charge in [-0.2, -0.15) is 0 Å². The molecule has 0 aliphatic carbocycles. The first-order chi connectivity index (χ1) is 10.0. The second kappa shape index (κ2) is 6.76. The van der Waals surface area contributed by atoms with Crippen molar-refractivity contribution in [3.05, 3.63) is 35.5 Å². The first kappa shape index (κ1) is 15.6. The van der Waals surface area contributed by atoms with Gasteiger partial charge in [0.15, 0.2) is 0 Å². The highest BCUT2D eigenvalue weighted by Crippen LogP contribution is 2.27. The molecular formula is C17H24N2O2. The molecule has 114 valence electrons. The van der Waals surface area contributed by atoms with Crippen LogP contribution in [0.1, 0.15) is 24.1 Å². The topological polar surface area (TPSA) is 45.5 Å². The van der Waals surface area contributed by atoms with Gasteiger partial charge in [-0.25, -0.2) is 0 Å². The van der Waals surface area contributed by atoms with Gasteiger partial charge in [-0.15, -0.1) is 0 Å².